The lowest BCUT2D eigenvalue weighted by Gasteiger charge is -2.30. The number of rotatable bonds is 5. The van der Waals surface area contributed by atoms with Crippen LogP contribution in [0.4, 0.5) is 24.8 Å². The van der Waals surface area contributed by atoms with E-state index in [2.05, 4.69) is 24.5 Å². The van der Waals surface area contributed by atoms with Crippen LogP contribution in [-0.2, 0) is 14.9 Å². The van der Waals surface area contributed by atoms with Crippen molar-refractivity contribution in [1.82, 2.24) is 15.0 Å². The van der Waals surface area contributed by atoms with E-state index in [1.165, 1.54) is 17.7 Å². The Kier molecular flexibility index (Phi) is 5.63. The van der Waals surface area contributed by atoms with E-state index in [9.17, 15) is 26.4 Å². The van der Waals surface area contributed by atoms with Crippen molar-refractivity contribution in [2.75, 3.05) is 5.32 Å². The Hall–Kier alpha value is -3.09. The molecule has 33 heavy (non-hydrogen) atoms. The number of aromatic nitrogens is 3. The molecule has 1 aliphatic heterocycles. The summed E-state index contributed by atoms with van der Waals surface area (Å²) in [7, 11) is -5.92. The summed E-state index contributed by atoms with van der Waals surface area (Å²) in [6, 6.07) is 2.31. The topological polar surface area (TPSA) is 114 Å². The normalized spacial score (nSPS) is 20.9. The average Bonchev–Trinajstić information content (AvgIpc) is 3.53. The van der Waals surface area contributed by atoms with Crippen LogP contribution >= 0.6 is 0 Å². The second-order valence-corrected chi connectivity index (χ2v) is 9.59. The van der Waals surface area contributed by atoms with E-state index in [1.807, 2.05) is 6.92 Å². The number of alkyl halides is 3. The predicted molar refractivity (Wildman–Crippen MR) is 110 cm³/mol. The maximum atomic E-state index is 12.8. The van der Waals surface area contributed by atoms with Crippen LogP contribution in [0.5, 0.6) is 5.88 Å². The first-order valence-electron chi connectivity index (χ1n) is 10.1. The van der Waals surface area contributed by atoms with Crippen molar-refractivity contribution in [3.05, 3.63) is 35.8 Å². The summed E-state index contributed by atoms with van der Waals surface area (Å²) in [4.78, 5) is 25.0. The van der Waals surface area contributed by atoms with Gasteiger partial charge in [-0.25, -0.2) is 19.7 Å². The third-order valence-corrected chi connectivity index (χ3v) is 6.51. The quantitative estimate of drug-likeness (QED) is 0.391. The lowest BCUT2D eigenvalue weighted by Crippen LogP contribution is -2.39. The number of carbonyl (C=O) groups excluding carboxylic acids is 1. The fraction of sp³-hybridized carbons (Fsp3) is 0.450. The SMILES string of the molecule is CC(=O)[N+]1=C(C2CC2)[C@H](C)[C@@H](Nc2nccc(C)n2)c2cnc(OS(=O)(=O)C(F)(F)F)cc21. The van der Waals surface area contributed by atoms with Crippen molar-refractivity contribution in [2.24, 2.45) is 11.8 Å². The number of hydrogen-bond donors (Lipinski definition) is 1. The molecule has 1 fully saturated rings. The van der Waals surface area contributed by atoms with Crippen LogP contribution in [0.1, 0.15) is 44.0 Å². The zero-order chi connectivity index (χ0) is 24.1. The molecule has 1 amide bonds. The number of amides is 1. The first-order chi connectivity index (χ1) is 15.4. The van der Waals surface area contributed by atoms with Crippen LogP contribution < -0.4 is 9.50 Å². The van der Waals surface area contributed by atoms with Crippen LogP contribution in [0.25, 0.3) is 0 Å². The molecule has 2 aromatic rings. The minimum absolute atomic E-state index is 0.121. The van der Waals surface area contributed by atoms with E-state index in [0.717, 1.165) is 30.3 Å². The number of fused-ring (bicyclic) bond motifs is 1. The summed E-state index contributed by atoms with van der Waals surface area (Å²) in [5.41, 5.74) is -3.42. The summed E-state index contributed by atoms with van der Waals surface area (Å²) in [5, 5.41) is 3.23. The van der Waals surface area contributed by atoms with Crippen LogP contribution in [0.3, 0.4) is 0 Å². The third-order valence-electron chi connectivity index (χ3n) is 5.56. The smallest absolute Gasteiger partial charge is 0.355 e. The molecule has 0 bridgehead atoms. The van der Waals surface area contributed by atoms with Crippen molar-refractivity contribution in [2.45, 2.75) is 45.2 Å². The Balaban J connectivity index is 1.84. The Labute approximate surface area is 187 Å². The number of pyridine rings is 1. The monoisotopic (exact) mass is 484 g/mol. The number of carbonyl (C=O) groups is 1. The zero-order valence-corrected chi connectivity index (χ0v) is 18.7. The lowest BCUT2D eigenvalue weighted by atomic mass is 9.84. The van der Waals surface area contributed by atoms with Gasteiger partial charge in [-0.3, -0.25) is 0 Å². The Morgan fingerprint density at radius 1 is 1.27 bits per heavy atom. The van der Waals surface area contributed by atoms with E-state index in [-0.39, 0.29) is 23.4 Å². The second kappa shape index (κ2) is 8.04. The molecular formula is C20H21F3N5O4S+. The van der Waals surface area contributed by atoms with Gasteiger partial charge in [0.05, 0.1) is 30.5 Å². The molecule has 2 atom stereocenters. The number of nitrogens with zero attached hydrogens (tertiary/aromatic N) is 4. The highest BCUT2D eigenvalue weighted by atomic mass is 32.2. The standard InChI is InChI=1S/C20H21F3N5O4S/c1-10-6-7-24-19(26-10)27-17-11(2)18(13-4-5-13)28(12(3)29)15-8-16(25-9-14(15)17)32-33(30,31)20(21,22)23/h6-9,11,13,17H,4-5H2,1-3H3,(H,24,26,27)/q+1/t11-,17-/m1/s1. The second-order valence-electron chi connectivity index (χ2n) is 8.05. The van der Waals surface area contributed by atoms with Gasteiger partial charge in [-0.15, -0.1) is 4.58 Å². The minimum Gasteiger partial charge on any atom is -0.355 e. The van der Waals surface area contributed by atoms with Gasteiger partial charge in [0.15, 0.2) is 5.71 Å². The number of halogens is 3. The summed E-state index contributed by atoms with van der Waals surface area (Å²) < 4.78 is 67.0. The molecule has 1 aliphatic carbocycles. The van der Waals surface area contributed by atoms with Crippen LogP contribution in [-0.4, -0.2) is 45.1 Å². The first-order valence-corrected chi connectivity index (χ1v) is 11.5. The molecule has 4 rings (SSSR count). The molecule has 0 aromatic carbocycles. The van der Waals surface area contributed by atoms with Crippen molar-refractivity contribution in [1.29, 1.82) is 0 Å². The predicted octanol–water partition coefficient (Wildman–Crippen LogP) is 3.25. The molecule has 0 saturated heterocycles. The molecule has 1 saturated carbocycles. The average molecular weight is 484 g/mol. The highest BCUT2D eigenvalue weighted by molar-refractivity contribution is 7.87. The highest BCUT2D eigenvalue weighted by Gasteiger charge is 2.51. The van der Waals surface area contributed by atoms with Crippen molar-refractivity contribution in [3.8, 4) is 5.88 Å². The molecule has 9 nitrogen and oxygen atoms in total. The van der Waals surface area contributed by atoms with Crippen molar-refractivity contribution < 1.29 is 35.1 Å². The van der Waals surface area contributed by atoms with Crippen LogP contribution in [0.2, 0.25) is 0 Å². The van der Waals surface area contributed by atoms with Crippen molar-refractivity contribution in [3.63, 3.8) is 0 Å². The maximum Gasteiger partial charge on any atom is 0.534 e. The summed E-state index contributed by atoms with van der Waals surface area (Å²) in [6.07, 6.45) is 4.52. The van der Waals surface area contributed by atoms with E-state index in [4.69, 9.17) is 0 Å². The molecule has 0 radical (unpaired) electrons. The molecular weight excluding hydrogens is 463 g/mol. The molecule has 13 heteroatoms. The van der Waals surface area contributed by atoms with Gasteiger partial charge in [-0.2, -0.15) is 21.6 Å². The van der Waals surface area contributed by atoms with E-state index < -0.39 is 27.5 Å². The molecule has 2 aliphatic rings. The molecule has 0 unspecified atom stereocenters. The number of hydrogen-bond acceptors (Lipinski definition) is 8. The summed E-state index contributed by atoms with van der Waals surface area (Å²) >= 11 is 0. The minimum atomic E-state index is -5.92. The van der Waals surface area contributed by atoms with Crippen LogP contribution in [0.15, 0.2) is 24.5 Å². The van der Waals surface area contributed by atoms with Gasteiger partial charge in [-0.1, -0.05) is 6.92 Å². The zero-order valence-electron chi connectivity index (χ0n) is 17.9. The van der Waals surface area contributed by atoms with Gasteiger partial charge < -0.3 is 9.50 Å². The van der Waals surface area contributed by atoms with E-state index in [1.54, 1.807) is 19.2 Å². The fourth-order valence-corrected chi connectivity index (χ4v) is 4.41. The Morgan fingerprint density at radius 3 is 2.55 bits per heavy atom. The molecule has 0 spiro atoms. The molecule has 1 N–H and O–H groups in total. The Morgan fingerprint density at radius 2 is 1.97 bits per heavy atom. The van der Waals surface area contributed by atoms with Gasteiger partial charge in [0.25, 0.3) is 0 Å². The highest BCUT2D eigenvalue weighted by Crippen LogP contribution is 2.45. The number of aryl methyl sites for hydroxylation is 1. The van der Waals surface area contributed by atoms with Gasteiger partial charge in [-0.05, 0) is 25.8 Å². The number of anilines is 1. The number of nitrogens with one attached hydrogen (secondary N) is 1. The summed E-state index contributed by atoms with van der Waals surface area (Å²) in [6.45, 7) is 5.07. The molecule has 3 heterocycles. The molecule has 176 valence electrons. The van der Waals surface area contributed by atoms with Gasteiger partial charge in [0, 0.05) is 24.0 Å². The van der Waals surface area contributed by atoms with Gasteiger partial charge in [0.1, 0.15) is 0 Å². The van der Waals surface area contributed by atoms with Crippen LogP contribution in [0, 0.1) is 18.8 Å². The fourth-order valence-electron chi connectivity index (χ4n) is 4.00. The Bertz CT molecular complexity index is 1260. The molecule has 2 aromatic heterocycles. The van der Waals surface area contributed by atoms with E-state index in [0.29, 0.717) is 11.5 Å². The first kappa shape index (κ1) is 23.1. The largest absolute Gasteiger partial charge is 0.534 e. The van der Waals surface area contributed by atoms with Crippen molar-refractivity contribution >= 4 is 33.4 Å². The van der Waals surface area contributed by atoms with Gasteiger partial charge >= 0.3 is 21.5 Å². The van der Waals surface area contributed by atoms with E-state index >= 15 is 0 Å². The maximum absolute atomic E-state index is 12.8. The lowest BCUT2D eigenvalue weighted by molar-refractivity contribution is -0.372. The van der Waals surface area contributed by atoms with Gasteiger partial charge in [0.2, 0.25) is 17.5 Å². The summed E-state index contributed by atoms with van der Waals surface area (Å²) in [5.74, 6) is -0.885. The third kappa shape index (κ3) is 4.41.